The number of aromatic nitrogens is 8. The van der Waals surface area contributed by atoms with Crippen LogP contribution in [0.3, 0.4) is 0 Å². The summed E-state index contributed by atoms with van der Waals surface area (Å²) >= 11 is 0. The molecule has 140 valence electrons. The molecule has 0 saturated heterocycles. The van der Waals surface area contributed by atoms with Crippen molar-refractivity contribution in [2.24, 2.45) is 0 Å². The molecule has 0 aliphatic heterocycles. The van der Waals surface area contributed by atoms with Crippen LogP contribution in [0, 0.1) is 6.92 Å². The minimum atomic E-state index is -0.257. The number of ether oxygens (including phenoxy) is 1. The molecule has 0 bridgehead atoms. The number of anilines is 1. The van der Waals surface area contributed by atoms with Gasteiger partial charge in [0.2, 0.25) is 0 Å². The van der Waals surface area contributed by atoms with Crippen LogP contribution in [0.4, 0.5) is 5.69 Å². The lowest BCUT2D eigenvalue weighted by Crippen LogP contribution is -2.13. The SMILES string of the molecule is COc1ccc(NC(=O)c2ccc(-n3cnnn3)cc2)cc1-n1nnnc1C. The van der Waals surface area contributed by atoms with Crippen molar-refractivity contribution in [3.8, 4) is 17.1 Å². The second-order valence-corrected chi connectivity index (χ2v) is 5.78. The van der Waals surface area contributed by atoms with Crippen LogP contribution in [0.2, 0.25) is 0 Å². The van der Waals surface area contributed by atoms with E-state index in [1.165, 1.54) is 15.7 Å². The molecule has 0 spiro atoms. The van der Waals surface area contributed by atoms with Crippen molar-refractivity contribution in [1.29, 1.82) is 0 Å². The van der Waals surface area contributed by atoms with Crippen LogP contribution in [0.25, 0.3) is 11.4 Å². The minimum absolute atomic E-state index is 0.257. The number of carbonyl (C=O) groups is 1. The van der Waals surface area contributed by atoms with Crippen LogP contribution >= 0.6 is 0 Å². The quantitative estimate of drug-likeness (QED) is 0.550. The van der Waals surface area contributed by atoms with Gasteiger partial charge in [0.15, 0.2) is 5.82 Å². The molecule has 0 aliphatic rings. The van der Waals surface area contributed by atoms with Crippen molar-refractivity contribution >= 4 is 11.6 Å². The van der Waals surface area contributed by atoms with Gasteiger partial charge in [-0.2, -0.15) is 4.68 Å². The van der Waals surface area contributed by atoms with Crippen molar-refractivity contribution in [3.05, 3.63) is 60.2 Å². The van der Waals surface area contributed by atoms with Gasteiger partial charge in [0.25, 0.3) is 5.91 Å². The van der Waals surface area contributed by atoms with E-state index in [9.17, 15) is 4.79 Å². The first-order valence-corrected chi connectivity index (χ1v) is 8.24. The van der Waals surface area contributed by atoms with Crippen molar-refractivity contribution in [3.63, 3.8) is 0 Å². The molecule has 0 unspecified atom stereocenters. The number of aryl methyl sites for hydroxylation is 1. The molecule has 1 amide bonds. The molecule has 2 heterocycles. The molecular weight excluding hydrogens is 362 g/mol. The highest BCUT2D eigenvalue weighted by atomic mass is 16.5. The maximum atomic E-state index is 12.6. The number of nitrogens with zero attached hydrogens (tertiary/aromatic N) is 8. The number of tetrazole rings is 2. The summed E-state index contributed by atoms with van der Waals surface area (Å²) in [6.07, 6.45) is 1.48. The Morgan fingerprint density at radius 1 is 1.07 bits per heavy atom. The summed E-state index contributed by atoms with van der Waals surface area (Å²) in [6.45, 7) is 1.77. The molecule has 0 atom stereocenters. The Labute approximate surface area is 158 Å². The molecule has 0 radical (unpaired) electrons. The Morgan fingerprint density at radius 3 is 2.54 bits per heavy atom. The number of hydrogen-bond donors (Lipinski definition) is 1. The van der Waals surface area contributed by atoms with Crippen molar-refractivity contribution < 1.29 is 9.53 Å². The molecule has 11 nitrogen and oxygen atoms in total. The lowest BCUT2D eigenvalue weighted by atomic mass is 10.2. The molecule has 2 aromatic heterocycles. The molecule has 1 N–H and O–H groups in total. The number of methoxy groups -OCH3 is 1. The normalized spacial score (nSPS) is 10.6. The van der Waals surface area contributed by atoms with E-state index >= 15 is 0 Å². The monoisotopic (exact) mass is 377 g/mol. The van der Waals surface area contributed by atoms with E-state index in [0.29, 0.717) is 28.5 Å². The summed E-state index contributed by atoms with van der Waals surface area (Å²) < 4.78 is 8.41. The molecule has 28 heavy (non-hydrogen) atoms. The largest absolute Gasteiger partial charge is 0.494 e. The fourth-order valence-corrected chi connectivity index (χ4v) is 2.64. The maximum Gasteiger partial charge on any atom is 0.255 e. The van der Waals surface area contributed by atoms with E-state index in [0.717, 1.165) is 5.69 Å². The topological polar surface area (TPSA) is 126 Å². The van der Waals surface area contributed by atoms with Crippen LogP contribution < -0.4 is 10.1 Å². The van der Waals surface area contributed by atoms with Crippen LogP contribution in [0.15, 0.2) is 48.8 Å². The molecule has 2 aromatic carbocycles. The first kappa shape index (κ1) is 17.3. The van der Waals surface area contributed by atoms with Gasteiger partial charge in [0.05, 0.1) is 12.8 Å². The molecule has 0 fully saturated rings. The van der Waals surface area contributed by atoms with Crippen LogP contribution in [0.1, 0.15) is 16.2 Å². The summed E-state index contributed by atoms with van der Waals surface area (Å²) in [5.74, 6) is 0.923. The highest BCUT2D eigenvalue weighted by molar-refractivity contribution is 6.04. The number of carbonyl (C=O) groups excluding carboxylic acids is 1. The first-order valence-electron chi connectivity index (χ1n) is 8.24. The molecule has 0 aliphatic carbocycles. The summed E-state index contributed by atoms with van der Waals surface area (Å²) in [5, 5.41) is 25.3. The van der Waals surface area contributed by atoms with E-state index < -0.39 is 0 Å². The first-order chi connectivity index (χ1) is 13.7. The van der Waals surface area contributed by atoms with Crippen molar-refractivity contribution in [2.45, 2.75) is 6.92 Å². The molecule has 4 aromatic rings. The van der Waals surface area contributed by atoms with Gasteiger partial charge < -0.3 is 10.1 Å². The van der Waals surface area contributed by atoms with Gasteiger partial charge in [-0.3, -0.25) is 4.79 Å². The smallest absolute Gasteiger partial charge is 0.255 e. The van der Waals surface area contributed by atoms with Gasteiger partial charge in [0.1, 0.15) is 17.8 Å². The van der Waals surface area contributed by atoms with Gasteiger partial charge in [-0.25, -0.2) is 4.68 Å². The Morgan fingerprint density at radius 2 is 1.89 bits per heavy atom. The van der Waals surface area contributed by atoms with E-state index in [2.05, 4.69) is 36.4 Å². The Hall–Kier alpha value is -4.15. The third kappa shape index (κ3) is 3.28. The van der Waals surface area contributed by atoms with Crippen molar-refractivity contribution in [2.75, 3.05) is 12.4 Å². The molecular formula is C17H15N9O2. The Kier molecular flexibility index (Phi) is 4.46. The average Bonchev–Trinajstić information content (AvgIpc) is 3.40. The van der Waals surface area contributed by atoms with Crippen LogP contribution in [0.5, 0.6) is 5.75 Å². The van der Waals surface area contributed by atoms with Gasteiger partial charge >= 0.3 is 0 Å². The fourth-order valence-electron chi connectivity index (χ4n) is 2.64. The second kappa shape index (κ2) is 7.23. The van der Waals surface area contributed by atoms with Gasteiger partial charge in [-0.05, 0) is 70.2 Å². The zero-order valence-electron chi connectivity index (χ0n) is 15.0. The van der Waals surface area contributed by atoms with Gasteiger partial charge in [0, 0.05) is 11.3 Å². The lowest BCUT2D eigenvalue weighted by Gasteiger charge is -2.12. The third-order valence-corrected chi connectivity index (χ3v) is 4.03. The van der Waals surface area contributed by atoms with Crippen LogP contribution in [-0.2, 0) is 0 Å². The summed E-state index contributed by atoms with van der Waals surface area (Å²) in [5.41, 5.74) is 2.45. The highest BCUT2D eigenvalue weighted by Gasteiger charge is 2.13. The number of amides is 1. The summed E-state index contributed by atoms with van der Waals surface area (Å²) in [7, 11) is 1.56. The molecule has 11 heteroatoms. The maximum absolute atomic E-state index is 12.6. The Bertz CT molecular complexity index is 1100. The van der Waals surface area contributed by atoms with Crippen LogP contribution in [-0.4, -0.2) is 53.4 Å². The summed E-state index contributed by atoms with van der Waals surface area (Å²) in [4.78, 5) is 12.6. The van der Waals surface area contributed by atoms with Gasteiger partial charge in [-0.15, -0.1) is 10.2 Å². The number of hydrogen-bond acceptors (Lipinski definition) is 8. The lowest BCUT2D eigenvalue weighted by molar-refractivity contribution is 0.102. The zero-order valence-corrected chi connectivity index (χ0v) is 15.0. The third-order valence-electron chi connectivity index (χ3n) is 4.03. The molecule has 4 rings (SSSR count). The standard InChI is InChI=1S/C17H15N9O2/c1-11-20-22-24-26(11)15-9-13(5-8-16(15)28-2)19-17(27)12-3-6-14(7-4-12)25-10-18-21-23-25/h3-10H,1-2H3,(H,19,27). The van der Waals surface area contributed by atoms with E-state index in [-0.39, 0.29) is 5.91 Å². The van der Waals surface area contributed by atoms with E-state index in [1.807, 2.05) is 0 Å². The zero-order chi connectivity index (χ0) is 19.5. The number of benzene rings is 2. The molecule has 0 saturated carbocycles. The van der Waals surface area contributed by atoms with E-state index in [1.54, 1.807) is 56.5 Å². The van der Waals surface area contributed by atoms with E-state index in [4.69, 9.17) is 4.74 Å². The number of rotatable bonds is 5. The average molecular weight is 377 g/mol. The number of nitrogens with one attached hydrogen (secondary N) is 1. The second-order valence-electron chi connectivity index (χ2n) is 5.78. The van der Waals surface area contributed by atoms with Gasteiger partial charge in [-0.1, -0.05) is 0 Å². The highest BCUT2D eigenvalue weighted by Crippen LogP contribution is 2.26. The van der Waals surface area contributed by atoms with Crippen molar-refractivity contribution in [1.82, 2.24) is 40.4 Å². The predicted molar refractivity (Wildman–Crippen MR) is 97.6 cm³/mol. The Balaban J connectivity index is 1.57. The fraction of sp³-hybridized carbons (Fsp3) is 0.118. The summed E-state index contributed by atoms with van der Waals surface area (Å²) in [6, 6.07) is 12.1. The predicted octanol–water partition coefficient (Wildman–Crippen LogP) is 1.21. The minimum Gasteiger partial charge on any atom is -0.494 e.